The Hall–Kier alpha value is -1.81. The Balaban J connectivity index is 2.85. The summed E-state index contributed by atoms with van der Waals surface area (Å²) in [6.45, 7) is 0.198. The van der Waals surface area contributed by atoms with Gasteiger partial charge in [-0.2, -0.15) is 9.64 Å². The fourth-order valence-corrected chi connectivity index (χ4v) is 1.80. The lowest BCUT2D eigenvalue weighted by molar-refractivity contribution is -0.127. The normalized spacial score (nSPS) is 9.62. The van der Waals surface area contributed by atoms with E-state index in [1.165, 1.54) is 4.90 Å². The molecule has 2 N–H and O–H groups in total. The van der Waals surface area contributed by atoms with Crippen molar-refractivity contribution in [2.75, 3.05) is 38.3 Å². The molecule has 0 bridgehead atoms. The zero-order valence-electron chi connectivity index (χ0n) is 9.39. The van der Waals surface area contributed by atoms with Crippen LogP contribution in [-0.2, 0) is 4.79 Å². The Bertz CT molecular complexity index is 434. The first-order valence-corrected chi connectivity index (χ1v) is 5.31. The molecule has 6 nitrogen and oxygen atoms in total. The van der Waals surface area contributed by atoms with Crippen molar-refractivity contribution in [3.8, 4) is 6.07 Å². The van der Waals surface area contributed by atoms with Gasteiger partial charge >= 0.3 is 0 Å². The molecule has 0 saturated carbocycles. The number of carbonyl (C=O) groups excluding carboxylic acids is 1. The number of carbonyl (C=O) groups is 1. The topological polar surface area (TPSA) is 86.2 Å². The van der Waals surface area contributed by atoms with E-state index in [1.54, 1.807) is 26.0 Å². The van der Waals surface area contributed by atoms with Crippen LogP contribution < -0.4 is 10.6 Å². The Morgan fingerprint density at radius 1 is 1.56 bits per heavy atom. The molecule has 1 heterocycles. The highest BCUT2D eigenvalue weighted by Crippen LogP contribution is 2.28. The van der Waals surface area contributed by atoms with Crippen LogP contribution in [-0.4, -0.2) is 42.9 Å². The minimum Gasteiger partial charge on any atom is -0.382 e. The van der Waals surface area contributed by atoms with Crippen LogP contribution in [0.5, 0.6) is 0 Å². The second kappa shape index (κ2) is 4.81. The van der Waals surface area contributed by atoms with E-state index < -0.39 is 0 Å². The molecule has 1 rings (SSSR count). The Morgan fingerprint density at radius 2 is 2.19 bits per heavy atom. The molecule has 0 spiro atoms. The van der Waals surface area contributed by atoms with Gasteiger partial charge in [-0.3, -0.25) is 4.79 Å². The summed E-state index contributed by atoms with van der Waals surface area (Å²) < 4.78 is 3.89. The van der Waals surface area contributed by atoms with Crippen molar-refractivity contribution in [3.05, 3.63) is 5.56 Å². The highest BCUT2D eigenvalue weighted by atomic mass is 32.1. The highest BCUT2D eigenvalue weighted by Gasteiger charge is 2.17. The number of nitrogens with zero attached hydrogens (tertiary/aromatic N) is 4. The molecular formula is C9H13N5OS. The van der Waals surface area contributed by atoms with Crippen molar-refractivity contribution >= 4 is 28.3 Å². The van der Waals surface area contributed by atoms with Crippen molar-refractivity contribution in [2.45, 2.75) is 0 Å². The molecule has 0 atom stereocenters. The summed E-state index contributed by atoms with van der Waals surface area (Å²) in [7, 11) is 5.10. The molecule has 0 aliphatic carbocycles. The molecule has 1 aromatic rings. The molecule has 86 valence electrons. The average molecular weight is 239 g/mol. The number of aromatic nitrogens is 1. The number of nitrogens with two attached hydrogens (primary N) is 1. The Labute approximate surface area is 98.0 Å². The summed E-state index contributed by atoms with van der Waals surface area (Å²) in [4.78, 5) is 14.7. The Kier molecular flexibility index (Phi) is 3.68. The van der Waals surface area contributed by atoms with Crippen LogP contribution in [0.4, 0.5) is 10.8 Å². The van der Waals surface area contributed by atoms with Crippen LogP contribution in [0.25, 0.3) is 0 Å². The molecule has 1 aromatic heterocycles. The second-order valence-corrected chi connectivity index (χ2v) is 4.26. The van der Waals surface area contributed by atoms with Gasteiger partial charge in [0.25, 0.3) is 0 Å². The first kappa shape index (κ1) is 12.3. The van der Waals surface area contributed by atoms with Gasteiger partial charge in [0, 0.05) is 21.1 Å². The molecule has 0 aromatic carbocycles. The molecule has 0 unspecified atom stereocenters. The molecular weight excluding hydrogens is 226 g/mol. The summed E-state index contributed by atoms with van der Waals surface area (Å²) >= 11 is 1.12. The zero-order chi connectivity index (χ0) is 12.3. The van der Waals surface area contributed by atoms with E-state index >= 15 is 0 Å². The van der Waals surface area contributed by atoms with Gasteiger partial charge in [0.05, 0.1) is 6.54 Å². The van der Waals surface area contributed by atoms with Gasteiger partial charge in [-0.05, 0) is 11.5 Å². The van der Waals surface area contributed by atoms with E-state index in [1.807, 2.05) is 6.07 Å². The predicted octanol–water partition coefficient (Wildman–Crippen LogP) is 0.121. The molecule has 0 aliphatic heterocycles. The SMILES string of the molecule is CN(C)C(=O)CN(C)c1snc(N)c1C#N. The van der Waals surface area contributed by atoms with Crippen LogP contribution in [0, 0.1) is 11.3 Å². The highest BCUT2D eigenvalue weighted by molar-refractivity contribution is 7.10. The standard InChI is InChI=1S/C9H13N5OS/c1-13(2)7(15)5-14(3)9-6(4-10)8(11)12-16-9/h5H2,1-3H3,(H2,11,12). The maximum absolute atomic E-state index is 11.5. The van der Waals surface area contributed by atoms with Crippen molar-refractivity contribution in [1.82, 2.24) is 9.27 Å². The molecule has 1 amide bonds. The number of likely N-dealkylation sites (N-methyl/N-ethyl adjacent to an activating group) is 2. The molecule has 16 heavy (non-hydrogen) atoms. The van der Waals surface area contributed by atoms with E-state index in [9.17, 15) is 4.79 Å². The number of hydrogen-bond acceptors (Lipinski definition) is 6. The van der Waals surface area contributed by atoms with Crippen molar-refractivity contribution in [1.29, 1.82) is 5.26 Å². The van der Waals surface area contributed by atoms with Gasteiger partial charge in [-0.25, -0.2) is 0 Å². The maximum Gasteiger partial charge on any atom is 0.241 e. The van der Waals surface area contributed by atoms with Crippen LogP contribution in [0.2, 0.25) is 0 Å². The average Bonchev–Trinajstić information content (AvgIpc) is 2.59. The summed E-state index contributed by atoms with van der Waals surface area (Å²) in [5, 5.41) is 9.52. The van der Waals surface area contributed by atoms with E-state index in [-0.39, 0.29) is 18.3 Å². The molecule has 7 heteroatoms. The third-order valence-corrected chi connectivity index (χ3v) is 3.01. The lowest BCUT2D eigenvalue weighted by atomic mass is 10.3. The van der Waals surface area contributed by atoms with Crippen LogP contribution in [0.15, 0.2) is 0 Å². The van der Waals surface area contributed by atoms with E-state index in [0.717, 1.165) is 11.5 Å². The number of anilines is 2. The largest absolute Gasteiger partial charge is 0.382 e. The quantitative estimate of drug-likeness (QED) is 0.809. The van der Waals surface area contributed by atoms with Gasteiger partial charge in [-0.15, -0.1) is 0 Å². The van der Waals surface area contributed by atoms with E-state index in [4.69, 9.17) is 11.0 Å². The van der Waals surface area contributed by atoms with Crippen LogP contribution in [0.3, 0.4) is 0 Å². The van der Waals surface area contributed by atoms with Gasteiger partial charge in [0.1, 0.15) is 16.6 Å². The second-order valence-electron chi connectivity index (χ2n) is 3.50. The van der Waals surface area contributed by atoms with Gasteiger partial charge < -0.3 is 15.5 Å². The van der Waals surface area contributed by atoms with Gasteiger partial charge in [-0.1, -0.05) is 0 Å². The van der Waals surface area contributed by atoms with Crippen molar-refractivity contribution in [3.63, 3.8) is 0 Å². The summed E-state index contributed by atoms with van der Waals surface area (Å²) in [5.41, 5.74) is 5.87. The summed E-state index contributed by atoms with van der Waals surface area (Å²) in [6, 6.07) is 1.98. The van der Waals surface area contributed by atoms with Crippen LogP contribution in [0.1, 0.15) is 5.56 Å². The monoisotopic (exact) mass is 239 g/mol. The maximum atomic E-state index is 11.5. The van der Waals surface area contributed by atoms with E-state index in [2.05, 4.69) is 4.37 Å². The van der Waals surface area contributed by atoms with Gasteiger partial charge in [0.2, 0.25) is 5.91 Å². The van der Waals surface area contributed by atoms with Crippen molar-refractivity contribution < 1.29 is 4.79 Å². The zero-order valence-corrected chi connectivity index (χ0v) is 10.2. The first-order chi connectivity index (χ1) is 7.47. The number of hydrogen-bond donors (Lipinski definition) is 1. The minimum atomic E-state index is -0.0432. The number of rotatable bonds is 3. The molecule has 0 saturated heterocycles. The lowest BCUT2D eigenvalue weighted by Gasteiger charge is -2.19. The minimum absolute atomic E-state index is 0.0432. The third-order valence-electron chi connectivity index (χ3n) is 2.03. The van der Waals surface area contributed by atoms with Crippen LogP contribution >= 0.6 is 11.5 Å². The van der Waals surface area contributed by atoms with E-state index in [0.29, 0.717) is 10.6 Å². The molecule has 0 aliphatic rings. The smallest absolute Gasteiger partial charge is 0.241 e. The number of amides is 1. The van der Waals surface area contributed by atoms with Crippen molar-refractivity contribution in [2.24, 2.45) is 0 Å². The summed E-state index contributed by atoms with van der Waals surface area (Å²) in [5.74, 6) is 0.171. The van der Waals surface area contributed by atoms with Gasteiger partial charge in [0.15, 0.2) is 5.82 Å². The predicted molar refractivity (Wildman–Crippen MR) is 63.2 cm³/mol. The fraction of sp³-hybridized carbons (Fsp3) is 0.444. The summed E-state index contributed by atoms with van der Waals surface area (Å²) in [6.07, 6.45) is 0. The Morgan fingerprint density at radius 3 is 2.69 bits per heavy atom. The fourth-order valence-electron chi connectivity index (χ4n) is 1.08. The third kappa shape index (κ3) is 2.41. The number of nitrogen functional groups attached to an aromatic ring is 1. The first-order valence-electron chi connectivity index (χ1n) is 4.54. The molecule has 0 radical (unpaired) electrons. The lowest BCUT2D eigenvalue weighted by Crippen LogP contribution is -2.34. The molecule has 0 fully saturated rings. The number of nitriles is 1.